The summed E-state index contributed by atoms with van der Waals surface area (Å²) in [6.07, 6.45) is -0.265. The molecular weight excluding hydrogens is 469 g/mol. The molecule has 3 N–H and O–H groups in total. The molecule has 1 atom stereocenters. The largest absolute Gasteiger partial charge is 0.493 e. The van der Waals surface area contributed by atoms with Crippen molar-refractivity contribution in [3.8, 4) is 11.6 Å². The third-order valence-electron chi connectivity index (χ3n) is 3.87. The van der Waals surface area contributed by atoms with Gasteiger partial charge in [0.25, 0.3) is 6.43 Å². The number of hydrogen-bond acceptors (Lipinski definition) is 4. The quantitative estimate of drug-likeness (QED) is 0.369. The normalized spacial score (nSPS) is 16.1. The highest BCUT2D eigenvalue weighted by Crippen LogP contribution is 2.31. The summed E-state index contributed by atoms with van der Waals surface area (Å²) in [5.74, 6) is 1.29. The van der Waals surface area contributed by atoms with E-state index < -0.39 is 13.0 Å². The highest BCUT2D eigenvalue weighted by atomic mass is 127. The number of rotatable bonds is 6. The van der Waals surface area contributed by atoms with Gasteiger partial charge in [-0.2, -0.15) is 0 Å². The average molecular weight is 490 g/mol. The maximum absolute atomic E-state index is 12.2. The topological polar surface area (TPSA) is 81.8 Å². The Morgan fingerprint density at radius 3 is 3.00 bits per heavy atom. The van der Waals surface area contributed by atoms with Crippen LogP contribution in [0.5, 0.6) is 11.6 Å². The van der Waals surface area contributed by atoms with E-state index in [1.54, 1.807) is 12.1 Å². The van der Waals surface area contributed by atoms with Gasteiger partial charge in [-0.25, -0.2) is 18.8 Å². The summed E-state index contributed by atoms with van der Waals surface area (Å²) in [6.45, 7) is 0.209. The number of aliphatic imine (C=N–C) groups is 1. The zero-order valence-corrected chi connectivity index (χ0v) is 16.8. The Labute approximate surface area is 173 Å². The van der Waals surface area contributed by atoms with E-state index in [1.165, 1.54) is 6.20 Å². The Morgan fingerprint density at radius 1 is 1.37 bits per heavy atom. The Kier molecular flexibility index (Phi) is 8.01. The Bertz CT molecular complexity index is 777. The third kappa shape index (κ3) is 6.19. The number of nitrogens with one attached hydrogen (secondary N) is 1. The van der Waals surface area contributed by atoms with Gasteiger partial charge in [-0.15, -0.1) is 24.0 Å². The number of guanidine groups is 1. The molecule has 1 aromatic carbocycles. The van der Waals surface area contributed by atoms with Crippen LogP contribution in [0.15, 0.2) is 47.6 Å². The van der Waals surface area contributed by atoms with Crippen molar-refractivity contribution in [1.29, 1.82) is 0 Å². The van der Waals surface area contributed by atoms with Crippen molar-refractivity contribution in [3.63, 3.8) is 0 Å². The molecule has 27 heavy (non-hydrogen) atoms. The number of ether oxygens (including phenoxy) is 2. The highest BCUT2D eigenvalue weighted by molar-refractivity contribution is 14.0. The molecule has 146 valence electrons. The van der Waals surface area contributed by atoms with E-state index in [-0.39, 0.29) is 42.4 Å². The molecule has 6 nitrogen and oxygen atoms in total. The van der Waals surface area contributed by atoms with Crippen LogP contribution in [0.1, 0.15) is 23.6 Å². The second kappa shape index (κ2) is 10.2. The van der Waals surface area contributed by atoms with Crippen LogP contribution in [0.25, 0.3) is 0 Å². The number of pyridine rings is 1. The Balaban J connectivity index is 0.00000261. The molecule has 0 bridgehead atoms. The predicted octanol–water partition coefficient (Wildman–Crippen LogP) is 3.27. The zero-order valence-electron chi connectivity index (χ0n) is 14.5. The first kappa shape index (κ1) is 21.1. The van der Waals surface area contributed by atoms with E-state index in [2.05, 4.69) is 15.3 Å². The molecule has 0 spiro atoms. The molecule has 9 heteroatoms. The lowest BCUT2D eigenvalue weighted by atomic mass is 10.0. The van der Waals surface area contributed by atoms with Gasteiger partial charge in [-0.3, -0.25) is 0 Å². The number of aromatic nitrogens is 1. The van der Waals surface area contributed by atoms with Crippen molar-refractivity contribution < 1.29 is 18.3 Å². The summed E-state index contributed by atoms with van der Waals surface area (Å²) in [4.78, 5) is 8.20. The molecule has 0 fully saturated rings. The minimum absolute atomic E-state index is 0. The average Bonchev–Trinajstić information content (AvgIpc) is 2.65. The van der Waals surface area contributed by atoms with Crippen molar-refractivity contribution in [2.24, 2.45) is 10.7 Å². The summed E-state index contributed by atoms with van der Waals surface area (Å²) in [7, 11) is 0. The van der Waals surface area contributed by atoms with Gasteiger partial charge in [-0.05, 0) is 17.7 Å². The highest BCUT2D eigenvalue weighted by Gasteiger charge is 2.21. The van der Waals surface area contributed by atoms with Crippen molar-refractivity contribution in [3.05, 3.63) is 53.7 Å². The van der Waals surface area contributed by atoms with Gasteiger partial charge in [-0.1, -0.05) is 18.2 Å². The van der Waals surface area contributed by atoms with Gasteiger partial charge >= 0.3 is 0 Å². The maximum atomic E-state index is 12.2. The smallest absolute Gasteiger partial charge is 0.272 e. The summed E-state index contributed by atoms with van der Waals surface area (Å²) in [5, 5.41) is 3.20. The minimum atomic E-state index is -2.54. The number of alkyl halides is 2. The number of fused-ring (bicyclic) bond motifs is 1. The lowest BCUT2D eigenvalue weighted by Crippen LogP contribution is -2.37. The molecule has 1 aromatic heterocycles. The molecular formula is C18H21F2IN4O2. The molecule has 0 saturated carbocycles. The van der Waals surface area contributed by atoms with E-state index >= 15 is 0 Å². The van der Waals surface area contributed by atoms with Gasteiger partial charge in [0.15, 0.2) is 12.6 Å². The molecule has 2 aromatic rings. The van der Waals surface area contributed by atoms with E-state index in [9.17, 15) is 8.78 Å². The van der Waals surface area contributed by atoms with Crippen molar-refractivity contribution in [2.75, 3.05) is 13.2 Å². The standard InChI is InChI=1S/C18H20F2N4O2.HI/c19-16(20)11-26-17-9-12(5-7-22-17)10-23-18(21)24-14-6-8-25-15-4-2-1-3-13(14)15;/h1-5,7,9,14,16H,6,8,10-11H2,(H3,21,23,24);1H. The van der Waals surface area contributed by atoms with E-state index in [0.29, 0.717) is 12.6 Å². The lowest BCUT2D eigenvalue weighted by Gasteiger charge is -2.26. The number of para-hydroxylation sites is 1. The predicted molar refractivity (Wildman–Crippen MR) is 109 cm³/mol. The van der Waals surface area contributed by atoms with Crippen LogP contribution >= 0.6 is 24.0 Å². The zero-order chi connectivity index (χ0) is 18.4. The number of halogens is 3. The fraction of sp³-hybridized carbons (Fsp3) is 0.333. The van der Waals surface area contributed by atoms with Crippen LogP contribution in [0.2, 0.25) is 0 Å². The van der Waals surface area contributed by atoms with Gasteiger partial charge in [0, 0.05) is 24.2 Å². The Morgan fingerprint density at radius 2 is 2.19 bits per heavy atom. The summed E-state index contributed by atoms with van der Waals surface area (Å²) < 4.78 is 34.9. The van der Waals surface area contributed by atoms with Gasteiger partial charge in [0.1, 0.15) is 5.75 Å². The second-order valence-corrected chi connectivity index (χ2v) is 5.78. The van der Waals surface area contributed by atoms with Gasteiger partial charge in [0.2, 0.25) is 5.88 Å². The molecule has 0 amide bonds. The number of nitrogens with zero attached hydrogens (tertiary/aromatic N) is 2. The van der Waals surface area contributed by atoms with Crippen LogP contribution in [0.3, 0.4) is 0 Å². The number of benzene rings is 1. The molecule has 1 aliphatic rings. The Hall–Kier alpha value is -2.17. The van der Waals surface area contributed by atoms with Gasteiger partial charge < -0.3 is 20.5 Å². The van der Waals surface area contributed by atoms with Crippen LogP contribution in [-0.2, 0) is 6.54 Å². The summed E-state index contributed by atoms with van der Waals surface area (Å²) in [6, 6.07) is 11.1. The third-order valence-corrected chi connectivity index (χ3v) is 3.87. The van der Waals surface area contributed by atoms with Gasteiger partial charge in [0.05, 0.1) is 19.2 Å². The van der Waals surface area contributed by atoms with E-state index in [1.807, 2.05) is 24.3 Å². The molecule has 3 rings (SSSR count). The van der Waals surface area contributed by atoms with Crippen LogP contribution in [0.4, 0.5) is 8.78 Å². The first-order chi connectivity index (χ1) is 12.6. The molecule has 1 unspecified atom stereocenters. The maximum Gasteiger partial charge on any atom is 0.272 e. The van der Waals surface area contributed by atoms with Crippen LogP contribution < -0.4 is 20.5 Å². The van der Waals surface area contributed by atoms with E-state index in [0.717, 1.165) is 23.3 Å². The molecule has 0 radical (unpaired) electrons. The van der Waals surface area contributed by atoms with Crippen molar-refractivity contribution in [2.45, 2.75) is 25.4 Å². The van der Waals surface area contributed by atoms with Crippen LogP contribution in [0, 0.1) is 0 Å². The molecule has 1 aliphatic heterocycles. The SMILES string of the molecule is I.NC(=NCc1ccnc(OCC(F)F)c1)NC1CCOc2ccccc21. The summed E-state index contributed by atoms with van der Waals surface area (Å²) >= 11 is 0. The number of nitrogens with two attached hydrogens (primary N) is 1. The van der Waals surface area contributed by atoms with Crippen molar-refractivity contribution >= 4 is 29.9 Å². The summed E-state index contributed by atoms with van der Waals surface area (Å²) in [5.41, 5.74) is 7.81. The fourth-order valence-electron chi connectivity index (χ4n) is 2.67. The lowest BCUT2D eigenvalue weighted by molar-refractivity contribution is 0.0795. The molecule has 0 saturated heterocycles. The van der Waals surface area contributed by atoms with Crippen molar-refractivity contribution in [1.82, 2.24) is 10.3 Å². The second-order valence-electron chi connectivity index (χ2n) is 5.78. The van der Waals surface area contributed by atoms with Crippen LogP contribution in [-0.4, -0.2) is 30.6 Å². The van der Waals surface area contributed by atoms with E-state index in [4.69, 9.17) is 15.2 Å². The number of hydrogen-bond donors (Lipinski definition) is 2. The monoisotopic (exact) mass is 490 g/mol. The minimum Gasteiger partial charge on any atom is -0.493 e. The fourth-order valence-corrected chi connectivity index (χ4v) is 2.67. The molecule has 0 aliphatic carbocycles. The first-order valence-electron chi connectivity index (χ1n) is 8.26. The molecule has 2 heterocycles. The first-order valence-corrected chi connectivity index (χ1v) is 8.26.